The molecular weight excluding hydrogens is 356 g/mol. The molecule has 0 N–H and O–H groups in total. The number of hydrogen-bond donors (Lipinski definition) is 0. The standard InChI is InChI=1S/C24H15ClS/c25-21-14-7-15-22-23(21)20-13-6-12-19(24(20)26-22)18-11-5-4-10-17(18)16-8-2-1-3-9-16/h1-15H. The second-order valence-electron chi connectivity index (χ2n) is 6.31. The van der Waals surface area contributed by atoms with Crippen molar-refractivity contribution in [3.8, 4) is 22.3 Å². The molecule has 1 aromatic heterocycles. The van der Waals surface area contributed by atoms with E-state index in [9.17, 15) is 0 Å². The van der Waals surface area contributed by atoms with Crippen LogP contribution >= 0.6 is 22.9 Å². The quantitative estimate of drug-likeness (QED) is 0.295. The molecule has 0 saturated carbocycles. The van der Waals surface area contributed by atoms with Crippen LogP contribution in [0.4, 0.5) is 0 Å². The molecule has 4 aromatic carbocycles. The van der Waals surface area contributed by atoms with Crippen LogP contribution < -0.4 is 0 Å². The summed E-state index contributed by atoms with van der Waals surface area (Å²) in [6.07, 6.45) is 0. The first-order valence-corrected chi connectivity index (χ1v) is 9.77. The van der Waals surface area contributed by atoms with Gasteiger partial charge in [-0.05, 0) is 28.8 Å². The second kappa shape index (κ2) is 6.28. The van der Waals surface area contributed by atoms with Crippen molar-refractivity contribution in [2.24, 2.45) is 0 Å². The van der Waals surface area contributed by atoms with Crippen LogP contribution in [0.25, 0.3) is 42.4 Å². The Morgan fingerprint density at radius 2 is 1.27 bits per heavy atom. The summed E-state index contributed by atoms with van der Waals surface area (Å²) in [6, 6.07) is 31.9. The first-order valence-electron chi connectivity index (χ1n) is 8.57. The Kier molecular flexibility index (Phi) is 3.77. The van der Waals surface area contributed by atoms with Gasteiger partial charge in [-0.2, -0.15) is 0 Å². The summed E-state index contributed by atoms with van der Waals surface area (Å²) >= 11 is 8.33. The van der Waals surface area contributed by atoms with E-state index in [4.69, 9.17) is 11.6 Å². The Bertz CT molecular complexity index is 1240. The molecule has 0 atom stereocenters. The lowest BCUT2D eigenvalue weighted by atomic mass is 9.94. The monoisotopic (exact) mass is 370 g/mol. The summed E-state index contributed by atoms with van der Waals surface area (Å²) in [5.74, 6) is 0. The van der Waals surface area contributed by atoms with Crippen LogP contribution in [0.5, 0.6) is 0 Å². The van der Waals surface area contributed by atoms with E-state index in [1.54, 1.807) is 0 Å². The molecule has 2 heteroatoms. The number of rotatable bonds is 2. The van der Waals surface area contributed by atoms with Crippen LogP contribution in [-0.4, -0.2) is 0 Å². The van der Waals surface area contributed by atoms with Gasteiger partial charge in [-0.15, -0.1) is 11.3 Å². The highest BCUT2D eigenvalue weighted by atomic mass is 35.5. The fourth-order valence-electron chi connectivity index (χ4n) is 3.60. The first-order chi connectivity index (χ1) is 12.8. The van der Waals surface area contributed by atoms with Gasteiger partial charge in [-0.25, -0.2) is 0 Å². The number of fused-ring (bicyclic) bond motifs is 3. The largest absolute Gasteiger partial charge is 0.134 e. The highest BCUT2D eigenvalue weighted by Crippen LogP contribution is 2.44. The minimum Gasteiger partial charge on any atom is -0.134 e. The molecule has 124 valence electrons. The van der Waals surface area contributed by atoms with Crippen molar-refractivity contribution in [1.29, 1.82) is 0 Å². The van der Waals surface area contributed by atoms with Crippen LogP contribution in [0.1, 0.15) is 0 Å². The molecule has 0 radical (unpaired) electrons. The number of hydrogen-bond acceptors (Lipinski definition) is 1. The van der Waals surface area contributed by atoms with Crippen LogP contribution in [0, 0.1) is 0 Å². The van der Waals surface area contributed by atoms with Crippen molar-refractivity contribution in [2.75, 3.05) is 0 Å². The number of halogens is 1. The van der Waals surface area contributed by atoms with Crippen LogP contribution in [-0.2, 0) is 0 Å². The third-order valence-corrected chi connectivity index (χ3v) is 6.29. The van der Waals surface area contributed by atoms with Gasteiger partial charge in [-0.3, -0.25) is 0 Å². The average Bonchev–Trinajstić information content (AvgIpc) is 3.09. The topological polar surface area (TPSA) is 0 Å². The molecule has 0 bridgehead atoms. The maximum atomic E-state index is 6.51. The molecule has 0 fully saturated rings. The molecular formula is C24H15ClS. The first kappa shape index (κ1) is 15.6. The summed E-state index contributed by atoms with van der Waals surface area (Å²) in [5, 5.41) is 3.21. The van der Waals surface area contributed by atoms with E-state index in [-0.39, 0.29) is 0 Å². The fourth-order valence-corrected chi connectivity index (χ4v) is 5.19. The Labute approximate surface area is 161 Å². The Hall–Kier alpha value is -2.61. The predicted octanol–water partition coefficient (Wildman–Crippen LogP) is 8.04. The summed E-state index contributed by atoms with van der Waals surface area (Å²) < 4.78 is 2.52. The number of benzene rings is 4. The Morgan fingerprint density at radius 1 is 0.577 bits per heavy atom. The SMILES string of the molecule is Clc1cccc2sc3c(-c4ccccc4-c4ccccc4)cccc3c12. The molecule has 0 saturated heterocycles. The summed E-state index contributed by atoms with van der Waals surface area (Å²) in [6.45, 7) is 0. The third-order valence-electron chi connectivity index (χ3n) is 4.77. The van der Waals surface area contributed by atoms with Gasteiger partial charge in [0.2, 0.25) is 0 Å². The normalized spacial score (nSPS) is 11.3. The molecule has 0 aliphatic rings. The minimum absolute atomic E-state index is 0.822. The highest BCUT2D eigenvalue weighted by molar-refractivity contribution is 7.26. The zero-order valence-electron chi connectivity index (χ0n) is 13.9. The van der Waals surface area contributed by atoms with Crippen molar-refractivity contribution in [1.82, 2.24) is 0 Å². The van der Waals surface area contributed by atoms with Gasteiger partial charge < -0.3 is 0 Å². The molecule has 0 unspecified atom stereocenters. The van der Waals surface area contributed by atoms with Crippen molar-refractivity contribution < 1.29 is 0 Å². The Morgan fingerprint density at radius 3 is 2.12 bits per heavy atom. The minimum atomic E-state index is 0.822. The lowest BCUT2D eigenvalue weighted by Crippen LogP contribution is -1.85. The number of thiophene rings is 1. The van der Waals surface area contributed by atoms with E-state index in [2.05, 4.69) is 78.9 Å². The molecule has 1 heterocycles. The van der Waals surface area contributed by atoms with Gasteiger partial charge in [0.25, 0.3) is 0 Å². The van der Waals surface area contributed by atoms with Crippen molar-refractivity contribution in [3.05, 3.63) is 96.0 Å². The van der Waals surface area contributed by atoms with Gasteiger partial charge in [0.05, 0.1) is 0 Å². The molecule has 0 aliphatic heterocycles. The molecule has 5 rings (SSSR count). The van der Waals surface area contributed by atoms with Crippen LogP contribution in [0.15, 0.2) is 91.0 Å². The maximum Gasteiger partial charge on any atom is 0.0499 e. The van der Waals surface area contributed by atoms with E-state index in [1.807, 2.05) is 23.5 Å². The van der Waals surface area contributed by atoms with Crippen molar-refractivity contribution >= 4 is 43.1 Å². The summed E-state index contributed by atoms with van der Waals surface area (Å²) in [4.78, 5) is 0. The predicted molar refractivity (Wildman–Crippen MR) is 115 cm³/mol. The molecule has 0 aliphatic carbocycles. The van der Waals surface area contributed by atoms with E-state index in [0.717, 1.165) is 10.4 Å². The lowest BCUT2D eigenvalue weighted by molar-refractivity contribution is 1.60. The molecule has 0 spiro atoms. The molecule has 5 aromatic rings. The van der Waals surface area contributed by atoms with Gasteiger partial charge in [-0.1, -0.05) is 90.5 Å². The van der Waals surface area contributed by atoms with Gasteiger partial charge in [0, 0.05) is 30.8 Å². The van der Waals surface area contributed by atoms with E-state index < -0.39 is 0 Å². The van der Waals surface area contributed by atoms with Crippen LogP contribution in [0.3, 0.4) is 0 Å². The van der Waals surface area contributed by atoms with Crippen molar-refractivity contribution in [3.63, 3.8) is 0 Å². The van der Waals surface area contributed by atoms with Gasteiger partial charge in [0.1, 0.15) is 0 Å². The van der Waals surface area contributed by atoms with E-state index >= 15 is 0 Å². The summed E-state index contributed by atoms with van der Waals surface area (Å²) in [5.41, 5.74) is 5.01. The van der Waals surface area contributed by atoms with E-state index in [1.165, 1.54) is 37.0 Å². The summed E-state index contributed by atoms with van der Waals surface area (Å²) in [7, 11) is 0. The Balaban J connectivity index is 1.84. The smallest absolute Gasteiger partial charge is 0.0499 e. The highest BCUT2D eigenvalue weighted by Gasteiger charge is 2.14. The fraction of sp³-hybridized carbons (Fsp3) is 0. The van der Waals surface area contributed by atoms with E-state index in [0.29, 0.717) is 0 Å². The third kappa shape index (κ3) is 2.44. The second-order valence-corrected chi connectivity index (χ2v) is 7.77. The van der Waals surface area contributed by atoms with Crippen molar-refractivity contribution in [2.45, 2.75) is 0 Å². The molecule has 26 heavy (non-hydrogen) atoms. The molecule has 0 nitrogen and oxygen atoms in total. The maximum absolute atomic E-state index is 6.51. The van der Waals surface area contributed by atoms with Gasteiger partial charge in [0.15, 0.2) is 0 Å². The zero-order chi connectivity index (χ0) is 17.5. The van der Waals surface area contributed by atoms with Gasteiger partial charge >= 0.3 is 0 Å². The molecule has 0 amide bonds. The lowest BCUT2D eigenvalue weighted by Gasteiger charge is -2.11. The van der Waals surface area contributed by atoms with Crippen LogP contribution in [0.2, 0.25) is 5.02 Å². The zero-order valence-corrected chi connectivity index (χ0v) is 15.5. The average molecular weight is 371 g/mol.